The molecule has 2 aliphatic rings. The maximum absolute atomic E-state index is 13.2. The Morgan fingerprint density at radius 1 is 1.17 bits per heavy atom. The third-order valence-corrected chi connectivity index (χ3v) is 5.52. The summed E-state index contributed by atoms with van der Waals surface area (Å²) in [6.07, 6.45) is 4.22. The van der Waals surface area contributed by atoms with Gasteiger partial charge in [-0.1, -0.05) is 24.3 Å². The highest BCUT2D eigenvalue weighted by Gasteiger charge is 2.50. The predicted octanol–water partition coefficient (Wildman–Crippen LogP) is 2.60. The van der Waals surface area contributed by atoms with E-state index in [4.69, 9.17) is 4.74 Å². The third-order valence-electron chi connectivity index (χ3n) is 5.52. The normalized spacial score (nSPS) is 25.5. The number of ether oxygens (including phenoxy) is 1. The summed E-state index contributed by atoms with van der Waals surface area (Å²) >= 11 is 0. The van der Waals surface area contributed by atoms with Crippen LogP contribution in [-0.2, 0) is 16.1 Å². The summed E-state index contributed by atoms with van der Waals surface area (Å²) in [6.45, 7) is 6.29. The van der Waals surface area contributed by atoms with Gasteiger partial charge in [-0.25, -0.2) is 0 Å². The number of benzene rings is 1. The minimum atomic E-state index is -0.270. The number of nitrogens with zero attached hydrogens (tertiary/aromatic N) is 2. The smallest absolute Gasteiger partial charge is 0.243 e. The van der Waals surface area contributed by atoms with E-state index in [2.05, 4.69) is 36.1 Å². The number of carbonyl (C=O) groups excluding carboxylic acids is 1. The molecule has 2 aliphatic heterocycles. The molecule has 4 nitrogen and oxygen atoms in total. The zero-order valence-corrected chi connectivity index (χ0v) is 14.4. The molecule has 1 unspecified atom stereocenters. The van der Waals surface area contributed by atoms with Gasteiger partial charge in [0.2, 0.25) is 5.91 Å². The van der Waals surface area contributed by atoms with Crippen LogP contribution in [-0.4, -0.2) is 54.6 Å². The van der Waals surface area contributed by atoms with Crippen LogP contribution in [0.15, 0.2) is 24.3 Å². The van der Waals surface area contributed by atoms with Crippen molar-refractivity contribution in [3.8, 4) is 0 Å². The molecule has 0 radical (unpaired) electrons. The first kappa shape index (κ1) is 16.5. The third kappa shape index (κ3) is 3.15. The van der Waals surface area contributed by atoms with Crippen molar-refractivity contribution in [3.05, 3.63) is 35.4 Å². The van der Waals surface area contributed by atoms with Gasteiger partial charge in [0.1, 0.15) is 5.54 Å². The summed E-state index contributed by atoms with van der Waals surface area (Å²) in [7, 11) is 1.70. The van der Waals surface area contributed by atoms with Gasteiger partial charge in [-0.3, -0.25) is 9.69 Å². The number of carbonyl (C=O) groups is 1. The molecule has 1 aromatic carbocycles. The van der Waals surface area contributed by atoms with E-state index in [1.165, 1.54) is 11.1 Å². The fourth-order valence-electron chi connectivity index (χ4n) is 4.16. The first-order valence-electron chi connectivity index (χ1n) is 8.75. The Hall–Kier alpha value is -1.39. The van der Waals surface area contributed by atoms with Crippen LogP contribution >= 0.6 is 0 Å². The standard InChI is InChI=1S/C19H28N2O2/c1-16-7-3-4-8-17(16)15-21-12-6-10-19(21)9-5-11-20(18(19)22)13-14-23-2/h3-4,7-8H,5-6,9-15H2,1-2H3. The van der Waals surface area contributed by atoms with Crippen LogP contribution in [0.25, 0.3) is 0 Å². The van der Waals surface area contributed by atoms with Gasteiger partial charge in [-0.2, -0.15) is 0 Å². The molecule has 2 heterocycles. The van der Waals surface area contributed by atoms with Crippen molar-refractivity contribution in [2.45, 2.75) is 44.7 Å². The summed E-state index contributed by atoms with van der Waals surface area (Å²) in [6, 6.07) is 8.53. The van der Waals surface area contributed by atoms with E-state index < -0.39 is 0 Å². The fourth-order valence-corrected chi connectivity index (χ4v) is 4.16. The lowest BCUT2D eigenvalue weighted by Gasteiger charge is -2.44. The molecule has 0 N–H and O–H groups in total. The molecule has 4 heteroatoms. The van der Waals surface area contributed by atoms with Crippen molar-refractivity contribution in [2.75, 3.05) is 33.4 Å². The Morgan fingerprint density at radius 2 is 1.91 bits per heavy atom. The highest BCUT2D eigenvalue weighted by Crippen LogP contribution is 2.39. The second-order valence-corrected chi connectivity index (χ2v) is 6.87. The maximum Gasteiger partial charge on any atom is 0.243 e. The second-order valence-electron chi connectivity index (χ2n) is 6.87. The second kappa shape index (κ2) is 7.02. The summed E-state index contributed by atoms with van der Waals surface area (Å²) in [5.74, 6) is 0.326. The number of piperidine rings is 1. The average Bonchev–Trinajstić information content (AvgIpc) is 2.95. The zero-order valence-electron chi connectivity index (χ0n) is 14.4. The zero-order chi connectivity index (χ0) is 16.3. The highest BCUT2D eigenvalue weighted by atomic mass is 16.5. The molecule has 2 saturated heterocycles. The van der Waals surface area contributed by atoms with Crippen molar-refractivity contribution in [2.24, 2.45) is 0 Å². The number of likely N-dealkylation sites (tertiary alicyclic amines) is 2. The highest BCUT2D eigenvalue weighted by molar-refractivity contribution is 5.87. The molecule has 1 aromatic rings. The van der Waals surface area contributed by atoms with Gasteiger partial charge < -0.3 is 9.64 Å². The van der Waals surface area contributed by atoms with E-state index in [-0.39, 0.29) is 5.54 Å². The van der Waals surface area contributed by atoms with E-state index in [9.17, 15) is 4.79 Å². The molecule has 1 amide bonds. The van der Waals surface area contributed by atoms with E-state index in [1.807, 2.05) is 4.90 Å². The Kier molecular flexibility index (Phi) is 5.02. The molecule has 0 aromatic heterocycles. The minimum absolute atomic E-state index is 0.270. The number of hydrogen-bond acceptors (Lipinski definition) is 3. The molecular formula is C19H28N2O2. The number of hydrogen-bond donors (Lipinski definition) is 0. The van der Waals surface area contributed by atoms with Crippen LogP contribution in [0.4, 0.5) is 0 Å². The summed E-state index contributed by atoms with van der Waals surface area (Å²) in [5, 5.41) is 0. The van der Waals surface area contributed by atoms with Crippen molar-refractivity contribution < 1.29 is 9.53 Å². The van der Waals surface area contributed by atoms with Gasteiger partial charge in [0.25, 0.3) is 0 Å². The van der Waals surface area contributed by atoms with Gasteiger partial charge in [-0.15, -0.1) is 0 Å². The fraction of sp³-hybridized carbons (Fsp3) is 0.632. The molecular weight excluding hydrogens is 288 g/mol. The quantitative estimate of drug-likeness (QED) is 0.837. The Balaban J connectivity index is 1.79. The lowest BCUT2D eigenvalue weighted by molar-refractivity contribution is -0.148. The molecule has 0 aliphatic carbocycles. The Bertz CT molecular complexity index is 560. The molecule has 3 rings (SSSR count). The number of rotatable bonds is 5. The molecule has 23 heavy (non-hydrogen) atoms. The summed E-state index contributed by atoms with van der Waals surface area (Å²) in [4.78, 5) is 17.6. The van der Waals surface area contributed by atoms with E-state index in [0.717, 1.165) is 51.9 Å². The maximum atomic E-state index is 13.2. The largest absolute Gasteiger partial charge is 0.383 e. The van der Waals surface area contributed by atoms with Crippen molar-refractivity contribution in [1.82, 2.24) is 9.80 Å². The van der Waals surface area contributed by atoms with Crippen LogP contribution in [0.1, 0.15) is 36.8 Å². The van der Waals surface area contributed by atoms with Crippen LogP contribution < -0.4 is 0 Å². The number of aryl methyl sites for hydroxylation is 1. The first-order chi connectivity index (χ1) is 11.2. The number of methoxy groups -OCH3 is 1. The van der Waals surface area contributed by atoms with Crippen LogP contribution in [0.2, 0.25) is 0 Å². The molecule has 126 valence electrons. The topological polar surface area (TPSA) is 32.8 Å². The van der Waals surface area contributed by atoms with Gasteiger partial charge in [0, 0.05) is 26.7 Å². The molecule has 0 bridgehead atoms. The number of amides is 1. The predicted molar refractivity (Wildman–Crippen MR) is 91.2 cm³/mol. The van der Waals surface area contributed by atoms with Crippen molar-refractivity contribution >= 4 is 5.91 Å². The van der Waals surface area contributed by atoms with Crippen LogP contribution in [0, 0.1) is 6.92 Å². The lowest BCUT2D eigenvalue weighted by atomic mass is 9.85. The molecule has 0 saturated carbocycles. The van der Waals surface area contributed by atoms with Crippen molar-refractivity contribution in [3.63, 3.8) is 0 Å². The van der Waals surface area contributed by atoms with Crippen molar-refractivity contribution in [1.29, 1.82) is 0 Å². The average molecular weight is 316 g/mol. The summed E-state index contributed by atoms with van der Waals surface area (Å²) < 4.78 is 5.17. The van der Waals surface area contributed by atoms with E-state index in [1.54, 1.807) is 7.11 Å². The van der Waals surface area contributed by atoms with Gasteiger partial charge in [0.15, 0.2) is 0 Å². The summed E-state index contributed by atoms with van der Waals surface area (Å²) in [5.41, 5.74) is 2.39. The van der Waals surface area contributed by atoms with Gasteiger partial charge >= 0.3 is 0 Å². The SMILES string of the molecule is COCCN1CCCC2(CCCN2Cc2ccccc2C)C1=O. The molecule has 1 atom stereocenters. The first-order valence-corrected chi connectivity index (χ1v) is 8.75. The van der Waals surface area contributed by atoms with Crippen LogP contribution in [0.3, 0.4) is 0 Å². The molecule has 1 spiro atoms. The Labute approximate surface area is 139 Å². The van der Waals surface area contributed by atoms with Gasteiger partial charge in [0.05, 0.1) is 6.61 Å². The van der Waals surface area contributed by atoms with E-state index >= 15 is 0 Å². The lowest BCUT2D eigenvalue weighted by Crippen LogP contribution is -2.60. The monoisotopic (exact) mass is 316 g/mol. The Morgan fingerprint density at radius 3 is 2.65 bits per heavy atom. The minimum Gasteiger partial charge on any atom is -0.383 e. The van der Waals surface area contributed by atoms with Crippen LogP contribution in [0.5, 0.6) is 0 Å². The molecule has 2 fully saturated rings. The van der Waals surface area contributed by atoms with Gasteiger partial charge in [-0.05, 0) is 50.3 Å². The van der Waals surface area contributed by atoms with E-state index in [0.29, 0.717) is 12.5 Å².